The number of benzene rings is 1. The van der Waals surface area contributed by atoms with Crippen LogP contribution in [0.4, 0.5) is 0 Å². The fraction of sp³-hybridized carbons (Fsp3) is 0.647. The van der Waals surface area contributed by atoms with E-state index < -0.39 is 0 Å². The third kappa shape index (κ3) is 4.27. The van der Waals surface area contributed by atoms with Crippen LogP contribution in [0.2, 0.25) is 0 Å². The van der Waals surface area contributed by atoms with Gasteiger partial charge in [-0.25, -0.2) is 0 Å². The molecule has 21 heavy (non-hydrogen) atoms. The van der Waals surface area contributed by atoms with E-state index in [1.54, 1.807) is 0 Å². The predicted molar refractivity (Wildman–Crippen MR) is 89.3 cm³/mol. The summed E-state index contributed by atoms with van der Waals surface area (Å²) in [6.45, 7) is 7.71. The second kappa shape index (κ2) is 7.36. The molecular weight excluding hydrogens is 260 g/mol. The highest BCUT2D eigenvalue weighted by Crippen LogP contribution is 2.17. The number of likely N-dealkylation sites (N-methyl/N-ethyl adjacent to an activating group) is 2. The van der Waals surface area contributed by atoms with E-state index in [1.165, 1.54) is 29.7 Å². The standard InChI is InChI=1S/C17H30N4/c1-13-6-7-14(2)15(10-13)11-16(19-18)17-12-20(3)8-5-9-21(17)4/h6-7,10,16-17,19H,5,8-9,11-12,18H2,1-4H3. The fourth-order valence-electron chi connectivity index (χ4n) is 3.30. The van der Waals surface area contributed by atoms with E-state index in [0.29, 0.717) is 6.04 Å². The van der Waals surface area contributed by atoms with Crippen molar-refractivity contribution >= 4 is 0 Å². The van der Waals surface area contributed by atoms with Gasteiger partial charge in [0.05, 0.1) is 0 Å². The van der Waals surface area contributed by atoms with Gasteiger partial charge in [0.15, 0.2) is 0 Å². The van der Waals surface area contributed by atoms with Crippen LogP contribution >= 0.6 is 0 Å². The molecule has 1 saturated heterocycles. The lowest BCUT2D eigenvalue weighted by Crippen LogP contribution is -2.55. The maximum Gasteiger partial charge on any atom is 0.0418 e. The summed E-state index contributed by atoms with van der Waals surface area (Å²) >= 11 is 0. The van der Waals surface area contributed by atoms with Gasteiger partial charge >= 0.3 is 0 Å². The number of hydrogen-bond acceptors (Lipinski definition) is 4. The minimum Gasteiger partial charge on any atom is -0.305 e. The molecule has 0 aromatic heterocycles. The van der Waals surface area contributed by atoms with Gasteiger partial charge in [-0.2, -0.15) is 0 Å². The topological polar surface area (TPSA) is 44.5 Å². The molecule has 0 radical (unpaired) electrons. The normalized spacial score (nSPS) is 23.0. The second-order valence-electron chi connectivity index (χ2n) is 6.57. The van der Waals surface area contributed by atoms with Crippen LogP contribution in [0.1, 0.15) is 23.1 Å². The van der Waals surface area contributed by atoms with Gasteiger partial charge in [0.1, 0.15) is 0 Å². The molecular formula is C17H30N4. The minimum absolute atomic E-state index is 0.274. The van der Waals surface area contributed by atoms with Gasteiger partial charge in [-0.3, -0.25) is 11.3 Å². The Balaban J connectivity index is 2.16. The number of rotatable bonds is 4. The molecule has 1 aromatic carbocycles. The zero-order chi connectivity index (χ0) is 15.4. The summed E-state index contributed by atoms with van der Waals surface area (Å²) in [5, 5.41) is 0. The van der Waals surface area contributed by atoms with Crippen LogP contribution in [0.3, 0.4) is 0 Å². The third-order valence-electron chi connectivity index (χ3n) is 4.74. The Hall–Kier alpha value is -0.940. The lowest BCUT2D eigenvalue weighted by Gasteiger charge is -2.34. The van der Waals surface area contributed by atoms with Crippen LogP contribution in [0.15, 0.2) is 18.2 Å². The molecule has 0 amide bonds. The highest BCUT2D eigenvalue weighted by atomic mass is 15.3. The highest BCUT2D eigenvalue weighted by molar-refractivity contribution is 5.31. The van der Waals surface area contributed by atoms with E-state index in [1.807, 2.05) is 0 Å². The fourth-order valence-corrected chi connectivity index (χ4v) is 3.30. The maximum atomic E-state index is 5.90. The molecule has 2 atom stereocenters. The van der Waals surface area contributed by atoms with E-state index in [2.05, 4.69) is 61.4 Å². The first-order chi connectivity index (χ1) is 10.0. The smallest absolute Gasteiger partial charge is 0.0418 e. The summed E-state index contributed by atoms with van der Waals surface area (Å²) in [4.78, 5) is 4.88. The highest BCUT2D eigenvalue weighted by Gasteiger charge is 2.28. The van der Waals surface area contributed by atoms with Crippen LogP contribution in [-0.4, -0.2) is 55.6 Å². The van der Waals surface area contributed by atoms with Crippen molar-refractivity contribution in [1.29, 1.82) is 0 Å². The average molecular weight is 290 g/mol. The molecule has 0 saturated carbocycles. The van der Waals surface area contributed by atoms with E-state index in [-0.39, 0.29) is 6.04 Å². The van der Waals surface area contributed by atoms with Gasteiger partial charge in [-0.1, -0.05) is 23.8 Å². The van der Waals surface area contributed by atoms with E-state index in [0.717, 1.165) is 19.5 Å². The van der Waals surface area contributed by atoms with Gasteiger partial charge in [-0.15, -0.1) is 0 Å². The zero-order valence-electron chi connectivity index (χ0n) is 13.9. The number of nitrogens with zero attached hydrogens (tertiary/aromatic N) is 2. The maximum absolute atomic E-state index is 5.90. The van der Waals surface area contributed by atoms with Crippen molar-refractivity contribution in [2.45, 2.75) is 38.8 Å². The monoisotopic (exact) mass is 290 g/mol. The van der Waals surface area contributed by atoms with Gasteiger partial charge in [0, 0.05) is 18.6 Å². The number of hydrogen-bond donors (Lipinski definition) is 2. The molecule has 1 aliphatic rings. The van der Waals surface area contributed by atoms with E-state index in [9.17, 15) is 0 Å². The van der Waals surface area contributed by atoms with Gasteiger partial charge in [0.25, 0.3) is 0 Å². The number of nitrogens with one attached hydrogen (secondary N) is 1. The summed E-state index contributed by atoms with van der Waals surface area (Å²) < 4.78 is 0. The number of nitrogens with two attached hydrogens (primary N) is 1. The van der Waals surface area contributed by atoms with Crippen molar-refractivity contribution in [3.63, 3.8) is 0 Å². The Morgan fingerprint density at radius 1 is 1.29 bits per heavy atom. The molecule has 2 unspecified atom stereocenters. The molecule has 0 aliphatic carbocycles. The molecule has 1 aliphatic heterocycles. The first-order valence-corrected chi connectivity index (χ1v) is 7.92. The Morgan fingerprint density at radius 2 is 2.05 bits per heavy atom. The first-order valence-electron chi connectivity index (χ1n) is 7.92. The lowest BCUT2D eigenvalue weighted by atomic mass is 9.94. The average Bonchev–Trinajstić information content (AvgIpc) is 2.61. The van der Waals surface area contributed by atoms with Crippen molar-refractivity contribution in [3.8, 4) is 0 Å². The van der Waals surface area contributed by atoms with Gasteiger partial charge < -0.3 is 9.80 Å². The molecule has 118 valence electrons. The molecule has 0 bridgehead atoms. The predicted octanol–water partition coefficient (Wildman–Crippen LogP) is 1.31. The summed E-state index contributed by atoms with van der Waals surface area (Å²) in [5.41, 5.74) is 7.15. The summed E-state index contributed by atoms with van der Waals surface area (Å²) in [7, 11) is 4.43. The molecule has 4 heteroatoms. The summed E-state index contributed by atoms with van der Waals surface area (Å²) in [5.74, 6) is 5.90. The largest absolute Gasteiger partial charge is 0.305 e. The molecule has 2 rings (SSSR count). The third-order valence-corrected chi connectivity index (χ3v) is 4.74. The molecule has 0 spiro atoms. The Labute approximate surface area is 129 Å². The number of hydrazine groups is 1. The molecule has 3 N–H and O–H groups in total. The zero-order valence-corrected chi connectivity index (χ0v) is 13.9. The van der Waals surface area contributed by atoms with Gasteiger partial charge in [-0.05, 0) is 65.0 Å². The summed E-state index contributed by atoms with van der Waals surface area (Å²) in [6, 6.07) is 7.40. The molecule has 1 heterocycles. The second-order valence-corrected chi connectivity index (χ2v) is 6.57. The van der Waals surface area contributed by atoms with Crippen molar-refractivity contribution in [2.75, 3.05) is 33.7 Å². The Kier molecular flexibility index (Phi) is 5.76. The van der Waals surface area contributed by atoms with Crippen molar-refractivity contribution < 1.29 is 0 Å². The van der Waals surface area contributed by atoms with Crippen molar-refractivity contribution in [3.05, 3.63) is 34.9 Å². The SMILES string of the molecule is Cc1ccc(C)c(CC(NN)C2CN(C)CCCN2C)c1. The van der Waals surface area contributed by atoms with E-state index in [4.69, 9.17) is 5.84 Å². The summed E-state index contributed by atoms with van der Waals surface area (Å²) in [6.07, 6.45) is 2.21. The molecule has 1 fully saturated rings. The van der Waals surface area contributed by atoms with Crippen molar-refractivity contribution in [1.82, 2.24) is 15.2 Å². The van der Waals surface area contributed by atoms with Crippen molar-refractivity contribution in [2.24, 2.45) is 5.84 Å². The lowest BCUT2D eigenvalue weighted by molar-refractivity contribution is 0.177. The minimum atomic E-state index is 0.274. The van der Waals surface area contributed by atoms with Crippen LogP contribution in [0.25, 0.3) is 0 Å². The van der Waals surface area contributed by atoms with Gasteiger partial charge in [0.2, 0.25) is 0 Å². The quantitative estimate of drug-likeness (QED) is 0.648. The Bertz CT molecular complexity index is 460. The van der Waals surface area contributed by atoms with Crippen LogP contribution < -0.4 is 11.3 Å². The van der Waals surface area contributed by atoms with E-state index >= 15 is 0 Å². The van der Waals surface area contributed by atoms with Crippen LogP contribution in [0.5, 0.6) is 0 Å². The molecule has 4 nitrogen and oxygen atoms in total. The van der Waals surface area contributed by atoms with Crippen LogP contribution in [0, 0.1) is 13.8 Å². The Morgan fingerprint density at radius 3 is 2.76 bits per heavy atom. The first kappa shape index (κ1) is 16.4. The molecule has 1 aromatic rings. The van der Waals surface area contributed by atoms with Crippen LogP contribution in [-0.2, 0) is 6.42 Å². The number of aryl methyl sites for hydroxylation is 2.